The van der Waals surface area contributed by atoms with E-state index < -0.39 is 11.0 Å². The normalized spacial score (nSPS) is 12.6. The van der Waals surface area contributed by atoms with Crippen molar-refractivity contribution in [2.24, 2.45) is 0 Å². The Hall–Kier alpha value is -2.18. The van der Waals surface area contributed by atoms with Gasteiger partial charge in [0.05, 0.1) is 5.52 Å². The summed E-state index contributed by atoms with van der Waals surface area (Å²) in [7, 11) is -1.31. The first-order chi connectivity index (χ1) is 11.7. The molecular weight excluding hydrogens is 326 g/mol. The Morgan fingerprint density at radius 2 is 2.04 bits per heavy atom. The number of allylic oxidation sites excluding steroid dienone is 3. The zero-order valence-corrected chi connectivity index (χ0v) is 14.5. The van der Waals surface area contributed by atoms with Crippen molar-refractivity contribution in [2.45, 2.75) is 26.2 Å². The van der Waals surface area contributed by atoms with E-state index in [4.69, 9.17) is 9.90 Å². The summed E-state index contributed by atoms with van der Waals surface area (Å²) in [5.74, 6) is 0.183. The molecule has 1 unspecified atom stereocenters. The van der Waals surface area contributed by atoms with Crippen molar-refractivity contribution >= 4 is 28.7 Å². The molecule has 0 aliphatic carbocycles. The lowest BCUT2D eigenvalue weighted by Crippen LogP contribution is -1.98. The van der Waals surface area contributed by atoms with Gasteiger partial charge in [-0.25, -0.2) is 4.21 Å². The van der Waals surface area contributed by atoms with Crippen molar-refractivity contribution in [2.75, 3.05) is 6.61 Å². The smallest absolute Gasteiger partial charge is 0.149 e. The van der Waals surface area contributed by atoms with Crippen LogP contribution < -0.4 is 0 Å². The lowest BCUT2D eigenvalue weighted by Gasteiger charge is -2.00. The molecule has 0 aliphatic heterocycles. The fourth-order valence-corrected chi connectivity index (χ4v) is 3.20. The predicted octanol–water partition coefficient (Wildman–Crippen LogP) is 3.08. The van der Waals surface area contributed by atoms with E-state index in [0.717, 1.165) is 22.9 Å². The highest BCUT2D eigenvalue weighted by molar-refractivity contribution is 7.86. The molecule has 2 aromatic rings. The van der Waals surface area contributed by atoms with Crippen LogP contribution >= 0.6 is 0 Å². The molecule has 0 aliphatic rings. The second-order valence-corrected chi connectivity index (χ2v) is 6.17. The standard InChI is InChI=1S/C17H21NO3S.CH2O/c1-2-3-4-5-11-22(21)18-13-14(7-6-10-19)16-12-15(20)8-9-17(16)18;1-2/h3-5,8-9,11-13,19-20H,2,6-7,10H2,1H3;1H2/b4-3-,11-5-;. The van der Waals surface area contributed by atoms with E-state index in [9.17, 15) is 9.32 Å². The Bertz CT molecular complexity index is 734. The predicted molar refractivity (Wildman–Crippen MR) is 98.2 cm³/mol. The minimum Gasteiger partial charge on any atom is -0.508 e. The van der Waals surface area contributed by atoms with Gasteiger partial charge in [-0.05, 0) is 43.0 Å². The van der Waals surface area contributed by atoms with E-state index in [0.29, 0.717) is 12.8 Å². The summed E-state index contributed by atoms with van der Waals surface area (Å²) in [6.07, 6.45) is 9.74. The second kappa shape index (κ2) is 10.6. The van der Waals surface area contributed by atoms with E-state index in [2.05, 4.69) is 0 Å². The number of hydrogen-bond donors (Lipinski definition) is 2. The first-order valence-electron chi connectivity index (χ1n) is 7.64. The third kappa shape index (κ3) is 5.18. The van der Waals surface area contributed by atoms with E-state index in [1.54, 1.807) is 33.7 Å². The van der Waals surface area contributed by atoms with Crippen molar-refractivity contribution in [3.8, 4) is 5.75 Å². The molecule has 0 spiro atoms. The van der Waals surface area contributed by atoms with Crippen molar-refractivity contribution in [3.05, 3.63) is 53.6 Å². The van der Waals surface area contributed by atoms with E-state index in [1.807, 2.05) is 32.1 Å². The first kappa shape index (κ1) is 19.9. The Morgan fingerprint density at radius 3 is 2.71 bits per heavy atom. The zero-order chi connectivity index (χ0) is 17.9. The molecule has 2 N–H and O–H groups in total. The number of benzene rings is 1. The molecule has 24 heavy (non-hydrogen) atoms. The zero-order valence-electron chi connectivity index (χ0n) is 13.7. The van der Waals surface area contributed by atoms with Crippen LogP contribution in [0, 0.1) is 0 Å². The largest absolute Gasteiger partial charge is 0.508 e. The van der Waals surface area contributed by atoms with E-state index >= 15 is 0 Å². The van der Waals surface area contributed by atoms with Crippen LogP contribution in [0.4, 0.5) is 0 Å². The molecule has 0 amide bonds. The molecule has 0 saturated heterocycles. The summed E-state index contributed by atoms with van der Waals surface area (Å²) < 4.78 is 14.1. The fourth-order valence-electron chi connectivity index (χ4n) is 2.26. The molecule has 0 fully saturated rings. The summed E-state index contributed by atoms with van der Waals surface area (Å²) in [5, 5.41) is 21.2. The Morgan fingerprint density at radius 1 is 1.29 bits per heavy atom. The molecule has 6 heteroatoms. The van der Waals surface area contributed by atoms with Gasteiger partial charge in [-0.1, -0.05) is 25.2 Å². The van der Waals surface area contributed by atoms with Crippen molar-refractivity contribution in [3.63, 3.8) is 0 Å². The van der Waals surface area contributed by atoms with Gasteiger partial charge >= 0.3 is 0 Å². The molecule has 1 aromatic carbocycles. The number of carbonyl (C=O) groups is 1. The highest BCUT2D eigenvalue weighted by atomic mass is 32.2. The number of fused-ring (bicyclic) bond motifs is 1. The Kier molecular flexibility index (Phi) is 8.75. The van der Waals surface area contributed by atoms with Crippen LogP contribution in [-0.4, -0.2) is 31.8 Å². The molecule has 1 atom stereocenters. The maximum atomic E-state index is 12.4. The molecule has 1 heterocycles. The van der Waals surface area contributed by atoms with Crippen LogP contribution in [0.5, 0.6) is 5.75 Å². The molecular formula is C18H23NO4S. The maximum Gasteiger partial charge on any atom is 0.149 e. The number of aromatic hydroxyl groups is 1. The van der Waals surface area contributed by atoms with Crippen LogP contribution in [0.15, 0.2) is 48.0 Å². The summed E-state index contributed by atoms with van der Waals surface area (Å²) >= 11 is 0. The molecule has 130 valence electrons. The lowest BCUT2D eigenvalue weighted by atomic mass is 10.1. The lowest BCUT2D eigenvalue weighted by molar-refractivity contribution is -0.0979. The van der Waals surface area contributed by atoms with Crippen LogP contribution in [-0.2, 0) is 22.2 Å². The quantitative estimate of drug-likeness (QED) is 0.753. The molecule has 1 aromatic heterocycles. The molecule has 0 saturated carbocycles. The van der Waals surface area contributed by atoms with Gasteiger partial charge in [0.15, 0.2) is 0 Å². The van der Waals surface area contributed by atoms with Crippen LogP contribution in [0.25, 0.3) is 10.9 Å². The summed E-state index contributed by atoms with van der Waals surface area (Å²) in [6, 6.07) is 5.03. The second-order valence-electron chi connectivity index (χ2n) is 4.95. The van der Waals surface area contributed by atoms with Gasteiger partial charge in [-0.2, -0.15) is 0 Å². The molecule has 2 rings (SSSR count). The summed E-state index contributed by atoms with van der Waals surface area (Å²) in [4.78, 5) is 8.00. The number of phenols is 1. The van der Waals surface area contributed by atoms with Crippen LogP contribution in [0.1, 0.15) is 25.3 Å². The average Bonchev–Trinajstić information content (AvgIpc) is 2.96. The van der Waals surface area contributed by atoms with Gasteiger partial charge in [-0.15, -0.1) is 0 Å². The van der Waals surface area contributed by atoms with E-state index in [1.165, 1.54) is 0 Å². The maximum absolute atomic E-state index is 12.4. The Balaban J connectivity index is 0.00000139. The van der Waals surface area contributed by atoms with Crippen LogP contribution in [0.3, 0.4) is 0 Å². The van der Waals surface area contributed by atoms with Gasteiger partial charge in [0.1, 0.15) is 23.5 Å². The van der Waals surface area contributed by atoms with Gasteiger partial charge in [0.2, 0.25) is 0 Å². The summed E-state index contributed by atoms with van der Waals surface area (Å²) in [6.45, 7) is 4.15. The van der Waals surface area contributed by atoms with Gasteiger partial charge in [-0.3, -0.25) is 3.97 Å². The number of aromatic nitrogens is 1. The number of phenolic OH excluding ortho intramolecular Hbond substituents is 1. The van der Waals surface area contributed by atoms with Gasteiger partial charge < -0.3 is 15.0 Å². The highest BCUT2D eigenvalue weighted by Crippen LogP contribution is 2.27. The number of aliphatic hydroxyl groups is 1. The van der Waals surface area contributed by atoms with Crippen molar-refractivity contribution in [1.29, 1.82) is 0 Å². The van der Waals surface area contributed by atoms with Crippen LogP contribution in [0.2, 0.25) is 0 Å². The molecule has 0 bridgehead atoms. The number of rotatable bonds is 7. The van der Waals surface area contributed by atoms with Crippen molar-refractivity contribution in [1.82, 2.24) is 3.97 Å². The summed E-state index contributed by atoms with van der Waals surface area (Å²) in [5.41, 5.74) is 1.79. The van der Waals surface area contributed by atoms with Crippen molar-refractivity contribution < 1.29 is 19.2 Å². The average molecular weight is 349 g/mol. The monoisotopic (exact) mass is 349 g/mol. The highest BCUT2D eigenvalue weighted by Gasteiger charge is 2.11. The molecule has 5 nitrogen and oxygen atoms in total. The SMILES string of the molecule is C=O.CC/C=C\C=C/S(=O)n1cc(CCCO)c2cc(O)ccc21. The number of nitrogens with zero attached hydrogens (tertiary/aromatic N) is 1. The van der Waals surface area contributed by atoms with Gasteiger partial charge in [0.25, 0.3) is 0 Å². The number of hydrogen-bond acceptors (Lipinski definition) is 4. The minimum atomic E-state index is -1.31. The third-order valence-electron chi connectivity index (χ3n) is 3.31. The number of carbonyl (C=O) groups excluding carboxylic acids is 1. The first-order valence-corrected chi connectivity index (χ1v) is 8.81. The topological polar surface area (TPSA) is 79.5 Å². The fraction of sp³-hybridized carbons (Fsp3) is 0.278. The third-order valence-corrected chi connectivity index (χ3v) is 4.39. The minimum absolute atomic E-state index is 0.107. The number of aryl methyl sites for hydroxylation is 1. The Labute approximate surface area is 144 Å². The van der Waals surface area contributed by atoms with Gasteiger partial charge in [0, 0.05) is 23.6 Å². The number of aliphatic hydroxyl groups excluding tert-OH is 1. The van der Waals surface area contributed by atoms with E-state index in [-0.39, 0.29) is 12.4 Å². The molecule has 0 radical (unpaired) electrons.